The number of aliphatic hydroxyl groups is 2. The maximum absolute atomic E-state index is 13.8. The SMILES string of the molecule is CCN(CC)CCN1c2cc(Cl)cc(Cl)c2C(O)(c2cccc(F)c2)C1O. The summed E-state index contributed by atoms with van der Waals surface area (Å²) in [5.74, 6) is -0.499. The van der Waals surface area contributed by atoms with Gasteiger partial charge in [-0.3, -0.25) is 0 Å². The smallest absolute Gasteiger partial charge is 0.164 e. The molecular weight excluding hydrogens is 390 g/mol. The van der Waals surface area contributed by atoms with Gasteiger partial charge in [-0.1, -0.05) is 49.2 Å². The summed E-state index contributed by atoms with van der Waals surface area (Å²) in [5.41, 5.74) is -0.724. The van der Waals surface area contributed by atoms with E-state index in [2.05, 4.69) is 18.7 Å². The van der Waals surface area contributed by atoms with Crippen LogP contribution in [0.3, 0.4) is 0 Å². The number of nitrogens with zero attached hydrogens (tertiary/aromatic N) is 2. The lowest BCUT2D eigenvalue weighted by atomic mass is 9.86. The lowest BCUT2D eigenvalue weighted by Crippen LogP contribution is -2.48. The number of halogens is 3. The van der Waals surface area contributed by atoms with Crippen molar-refractivity contribution < 1.29 is 14.6 Å². The minimum atomic E-state index is -1.86. The molecule has 2 aromatic rings. The third-order valence-corrected chi connectivity index (χ3v) is 5.73. The Hall–Kier alpha value is -1.37. The van der Waals surface area contributed by atoms with E-state index in [-0.39, 0.29) is 10.6 Å². The molecule has 0 fully saturated rings. The summed E-state index contributed by atoms with van der Waals surface area (Å²) in [7, 11) is 0. The second-order valence-electron chi connectivity index (χ2n) is 6.65. The highest BCUT2D eigenvalue weighted by Gasteiger charge is 2.52. The number of hydrogen-bond donors (Lipinski definition) is 2. The lowest BCUT2D eigenvalue weighted by molar-refractivity contribution is -0.0388. The molecule has 4 nitrogen and oxygen atoms in total. The molecule has 7 heteroatoms. The average Bonchev–Trinajstić information content (AvgIpc) is 2.85. The van der Waals surface area contributed by atoms with Crippen molar-refractivity contribution in [2.24, 2.45) is 0 Å². The largest absolute Gasteiger partial charge is 0.375 e. The Balaban J connectivity index is 2.10. The number of anilines is 1. The van der Waals surface area contributed by atoms with Gasteiger partial charge in [0, 0.05) is 29.4 Å². The molecule has 27 heavy (non-hydrogen) atoms. The van der Waals surface area contributed by atoms with Crippen molar-refractivity contribution in [2.75, 3.05) is 31.1 Å². The maximum atomic E-state index is 13.8. The summed E-state index contributed by atoms with van der Waals surface area (Å²) < 4.78 is 13.8. The van der Waals surface area contributed by atoms with E-state index < -0.39 is 17.6 Å². The molecular formula is C20H23Cl2FN2O2. The monoisotopic (exact) mass is 412 g/mol. The molecule has 146 valence electrons. The third-order valence-electron chi connectivity index (χ3n) is 5.21. The van der Waals surface area contributed by atoms with Crippen molar-refractivity contribution >= 4 is 28.9 Å². The second-order valence-corrected chi connectivity index (χ2v) is 7.50. The van der Waals surface area contributed by atoms with Crippen LogP contribution in [0.2, 0.25) is 10.0 Å². The number of benzene rings is 2. The quantitative estimate of drug-likeness (QED) is 0.756. The Bertz CT molecular complexity index is 832. The fourth-order valence-corrected chi connectivity index (χ4v) is 4.33. The molecule has 0 aromatic heterocycles. The van der Waals surface area contributed by atoms with Gasteiger partial charge < -0.3 is 20.0 Å². The number of rotatable bonds is 6. The van der Waals surface area contributed by atoms with Crippen LogP contribution < -0.4 is 4.90 Å². The average molecular weight is 413 g/mol. The Kier molecular flexibility index (Phi) is 5.99. The van der Waals surface area contributed by atoms with Crippen LogP contribution >= 0.6 is 23.2 Å². The number of likely N-dealkylation sites (N-methyl/N-ethyl adjacent to an activating group) is 1. The van der Waals surface area contributed by atoms with Gasteiger partial charge in [-0.15, -0.1) is 0 Å². The first-order valence-corrected chi connectivity index (χ1v) is 9.73. The van der Waals surface area contributed by atoms with Crippen LogP contribution in [0.25, 0.3) is 0 Å². The van der Waals surface area contributed by atoms with E-state index in [9.17, 15) is 14.6 Å². The van der Waals surface area contributed by atoms with E-state index in [4.69, 9.17) is 23.2 Å². The molecule has 0 bridgehead atoms. The molecule has 0 saturated heterocycles. The summed E-state index contributed by atoms with van der Waals surface area (Å²) in [5, 5.41) is 23.2. The zero-order valence-corrected chi connectivity index (χ0v) is 16.8. The van der Waals surface area contributed by atoms with E-state index in [0.29, 0.717) is 29.4 Å². The Labute approximate surface area is 168 Å². The van der Waals surface area contributed by atoms with E-state index in [1.165, 1.54) is 24.3 Å². The van der Waals surface area contributed by atoms with Crippen LogP contribution in [0.4, 0.5) is 10.1 Å². The van der Waals surface area contributed by atoms with Gasteiger partial charge in [0.15, 0.2) is 11.8 Å². The molecule has 1 aliphatic heterocycles. The van der Waals surface area contributed by atoms with Crippen molar-refractivity contribution in [1.82, 2.24) is 4.90 Å². The van der Waals surface area contributed by atoms with Gasteiger partial charge in [0.05, 0.1) is 5.02 Å². The van der Waals surface area contributed by atoms with Crippen molar-refractivity contribution in [1.29, 1.82) is 0 Å². The minimum Gasteiger partial charge on any atom is -0.375 e. The van der Waals surface area contributed by atoms with Crippen molar-refractivity contribution in [3.05, 3.63) is 63.4 Å². The second kappa shape index (κ2) is 7.94. The highest BCUT2D eigenvalue weighted by molar-refractivity contribution is 6.36. The van der Waals surface area contributed by atoms with Gasteiger partial charge in [-0.25, -0.2) is 4.39 Å². The highest BCUT2D eigenvalue weighted by Crippen LogP contribution is 2.51. The summed E-state index contributed by atoms with van der Waals surface area (Å²) in [6.45, 7) is 7.02. The molecule has 0 radical (unpaired) electrons. The fourth-order valence-electron chi connectivity index (χ4n) is 3.70. The first-order valence-electron chi connectivity index (χ1n) is 8.97. The first kappa shape index (κ1) is 20.4. The van der Waals surface area contributed by atoms with Crippen LogP contribution in [-0.2, 0) is 5.60 Å². The van der Waals surface area contributed by atoms with Crippen LogP contribution in [-0.4, -0.2) is 47.5 Å². The standard InChI is InChI=1S/C20H23Cl2FN2O2/c1-3-24(4-2)8-9-25-17-12-14(21)11-16(22)18(17)20(27,19(25)26)13-6-5-7-15(23)10-13/h5-7,10-12,19,26-27H,3-4,8-9H2,1-2H3. The number of fused-ring (bicyclic) bond motifs is 1. The molecule has 2 N–H and O–H groups in total. The van der Waals surface area contributed by atoms with E-state index in [1.54, 1.807) is 17.0 Å². The molecule has 3 rings (SSSR count). The third kappa shape index (κ3) is 3.55. The van der Waals surface area contributed by atoms with Crippen LogP contribution in [0.15, 0.2) is 36.4 Å². The molecule has 2 atom stereocenters. The van der Waals surface area contributed by atoms with Crippen molar-refractivity contribution in [3.8, 4) is 0 Å². The topological polar surface area (TPSA) is 46.9 Å². The maximum Gasteiger partial charge on any atom is 0.164 e. The first-order chi connectivity index (χ1) is 12.8. The molecule has 0 spiro atoms. The summed E-state index contributed by atoms with van der Waals surface area (Å²) in [6.07, 6.45) is -1.32. The molecule has 1 heterocycles. The normalized spacial score (nSPS) is 21.8. The van der Waals surface area contributed by atoms with Gasteiger partial charge >= 0.3 is 0 Å². The van der Waals surface area contributed by atoms with Gasteiger partial charge in [0.1, 0.15) is 5.82 Å². The van der Waals surface area contributed by atoms with E-state index >= 15 is 0 Å². The van der Waals surface area contributed by atoms with Gasteiger partial charge in [-0.05, 0) is 42.9 Å². The van der Waals surface area contributed by atoms with Gasteiger partial charge in [0.2, 0.25) is 0 Å². The Morgan fingerprint density at radius 3 is 2.52 bits per heavy atom. The van der Waals surface area contributed by atoms with Crippen LogP contribution in [0, 0.1) is 5.82 Å². The van der Waals surface area contributed by atoms with Crippen LogP contribution in [0.1, 0.15) is 25.0 Å². The zero-order chi connectivity index (χ0) is 19.8. The van der Waals surface area contributed by atoms with Crippen molar-refractivity contribution in [2.45, 2.75) is 25.7 Å². The molecule has 0 amide bonds. The zero-order valence-electron chi connectivity index (χ0n) is 15.3. The van der Waals surface area contributed by atoms with E-state index in [0.717, 1.165) is 13.1 Å². The predicted molar refractivity (Wildman–Crippen MR) is 107 cm³/mol. The Morgan fingerprint density at radius 1 is 1.19 bits per heavy atom. The summed E-state index contributed by atoms with van der Waals surface area (Å²) in [4.78, 5) is 3.88. The highest BCUT2D eigenvalue weighted by atomic mass is 35.5. The Morgan fingerprint density at radius 2 is 1.89 bits per heavy atom. The molecule has 0 aliphatic carbocycles. The lowest BCUT2D eigenvalue weighted by Gasteiger charge is -2.33. The molecule has 2 unspecified atom stereocenters. The number of hydrogen-bond acceptors (Lipinski definition) is 4. The fraction of sp³-hybridized carbons (Fsp3) is 0.400. The van der Waals surface area contributed by atoms with Gasteiger partial charge in [-0.2, -0.15) is 0 Å². The van der Waals surface area contributed by atoms with Gasteiger partial charge in [0.25, 0.3) is 0 Å². The van der Waals surface area contributed by atoms with E-state index in [1.807, 2.05) is 0 Å². The summed E-state index contributed by atoms with van der Waals surface area (Å²) >= 11 is 12.6. The molecule has 1 aliphatic rings. The summed E-state index contributed by atoms with van der Waals surface area (Å²) in [6, 6.07) is 8.77. The predicted octanol–water partition coefficient (Wildman–Crippen LogP) is 3.85. The number of aliphatic hydroxyl groups excluding tert-OH is 1. The molecule has 2 aromatic carbocycles. The van der Waals surface area contributed by atoms with Crippen molar-refractivity contribution in [3.63, 3.8) is 0 Å². The minimum absolute atomic E-state index is 0.230. The van der Waals surface area contributed by atoms with Crippen LogP contribution in [0.5, 0.6) is 0 Å². The molecule has 0 saturated carbocycles.